The van der Waals surface area contributed by atoms with E-state index in [2.05, 4.69) is 63.5 Å². The first-order valence-electron chi connectivity index (χ1n) is 31.4. The predicted octanol–water partition coefficient (Wildman–Crippen LogP) is 2.57. The zero-order chi connectivity index (χ0) is 62.4. The Hall–Kier alpha value is -5.82. The lowest BCUT2D eigenvalue weighted by Gasteiger charge is -2.16. The molecule has 492 valence electrons. The second kappa shape index (κ2) is 42.2. The van der Waals surface area contributed by atoms with Crippen molar-refractivity contribution in [2.75, 3.05) is 129 Å². The van der Waals surface area contributed by atoms with Crippen molar-refractivity contribution >= 4 is 76.7 Å². The van der Waals surface area contributed by atoms with Crippen LogP contribution in [0.3, 0.4) is 0 Å². The minimum Gasteiger partial charge on any atom is -0.379 e. The Morgan fingerprint density at radius 2 is 0.943 bits per heavy atom. The van der Waals surface area contributed by atoms with E-state index in [1.165, 1.54) is 25.1 Å². The summed E-state index contributed by atoms with van der Waals surface area (Å²) in [5, 5.41) is 38.2. The second-order valence-electron chi connectivity index (χ2n) is 22.0. The molecular weight excluding hydrogens is 1180 g/mol. The Morgan fingerprint density at radius 1 is 0.511 bits per heavy atom. The molecule has 10 N–H and O–H groups in total. The highest BCUT2D eigenvalue weighted by atomic mass is 32.2. The summed E-state index contributed by atoms with van der Waals surface area (Å²) in [6.45, 7) is 9.16. The molecule has 88 heavy (non-hydrogen) atoms. The average molecular weight is 1270 g/mol. The van der Waals surface area contributed by atoms with Gasteiger partial charge in [0.25, 0.3) is 11.8 Å². The molecule has 5 heterocycles. The molecule has 27 nitrogen and oxygen atoms in total. The van der Waals surface area contributed by atoms with Crippen molar-refractivity contribution < 1.29 is 66.8 Å². The van der Waals surface area contributed by atoms with E-state index in [0.717, 1.165) is 55.7 Å². The van der Waals surface area contributed by atoms with E-state index in [4.69, 9.17) is 28.4 Å². The number of nitrogens with one attached hydrogen (secondary N) is 10. The molecule has 6 atom stereocenters. The molecule has 4 saturated heterocycles. The van der Waals surface area contributed by atoms with Crippen molar-refractivity contribution in [3.63, 3.8) is 0 Å². The summed E-state index contributed by atoms with van der Waals surface area (Å²) in [6, 6.07) is 5.23. The highest BCUT2D eigenvalue weighted by molar-refractivity contribution is 8.00. The van der Waals surface area contributed by atoms with Crippen LogP contribution in [0.25, 0.3) is 0 Å². The topological polar surface area (TPSA) is 343 Å². The van der Waals surface area contributed by atoms with E-state index >= 15 is 0 Å². The van der Waals surface area contributed by atoms with Gasteiger partial charge in [-0.1, -0.05) is 18.1 Å². The Balaban J connectivity index is 0.775. The van der Waals surface area contributed by atoms with Crippen LogP contribution < -0.4 is 53.2 Å². The third-order valence-corrected chi connectivity index (χ3v) is 17.9. The Bertz CT molecular complexity index is 2340. The van der Waals surface area contributed by atoms with Gasteiger partial charge in [0.05, 0.1) is 88.9 Å². The normalized spacial score (nSPS) is 19.0. The summed E-state index contributed by atoms with van der Waals surface area (Å²) in [7, 11) is 0. The molecule has 1 aromatic carbocycles. The van der Waals surface area contributed by atoms with Gasteiger partial charge in [-0.05, 0) is 88.8 Å². The lowest BCUT2D eigenvalue weighted by atomic mass is 10.0. The molecule has 6 rings (SSSR count). The van der Waals surface area contributed by atoms with Crippen LogP contribution in [0, 0.1) is 0 Å². The fourth-order valence-corrected chi connectivity index (χ4v) is 13.4. The van der Waals surface area contributed by atoms with Gasteiger partial charge in [-0.2, -0.15) is 23.5 Å². The van der Waals surface area contributed by atoms with Crippen molar-refractivity contribution in [3.8, 4) is 0 Å². The molecule has 4 aliphatic heterocycles. The van der Waals surface area contributed by atoms with Gasteiger partial charge in [-0.15, -0.1) is 5.10 Å². The van der Waals surface area contributed by atoms with E-state index in [9.17, 15) is 38.4 Å². The lowest BCUT2D eigenvalue weighted by molar-refractivity contribution is -0.122. The molecule has 1 aromatic heterocycles. The molecule has 0 saturated carbocycles. The summed E-state index contributed by atoms with van der Waals surface area (Å²) in [4.78, 5) is 99.0. The summed E-state index contributed by atoms with van der Waals surface area (Å²) in [6.07, 6.45) is 12.5. The van der Waals surface area contributed by atoms with Crippen LogP contribution in [0.15, 0.2) is 24.4 Å². The molecule has 0 spiro atoms. The molecular formula is C59H95N13O14S2. The number of aryl methyl sites for hydroxylation is 2. The predicted molar refractivity (Wildman–Crippen MR) is 333 cm³/mol. The van der Waals surface area contributed by atoms with E-state index in [1.807, 2.05) is 23.5 Å². The molecule has 0 aliphatic carbocycles. The number of nitrogens with zero attached hydrogens (tertiary/aromatic N) is 3. The van der Waals surface area contributed by atoms with Gasteiger partial charge < -0.3 is 81.6 Å². The smallest absolute Gasteiger partial charge is 0.315 e. The Labute approximate surface area is 525 Å². The maximum absolute atomic E-state index is 13.4. The number of aromatic nitrogens is 3. The quantitative estimate of drug-likeness (QED) is 0.0336. The highest BCUT2D eigenvalue weighted by Crippen LogP contribution is 2.34. The Kier molecular flexibility index (Phi) is 34.2. The molecule has 2 aromatic rings. The van der Waals surface area contributed by atoms with Crippen LogP contribution in [0.2, 0.25) is 0 Å². The number of ether oxygens (including phenoxy) is 6. The lowest BCUT2D eigenvalue weighted by Crippen LogP contribution is -2.36. The van der Waals surface area contributed by atoms with Crippen molar-refractivity contribution in [3.05, 3.63) is 41.2 Å². The third-order valence-electron chi connectivity index (χ3n) is 14.9. The third kappa shape index (κ3) is 28.3. The standard InChI is InChI=1S/C59H95N13O14S2/c1-42(73)60-18-7-23-72-46(39-65-71-72)12-6-17-53(76)66-45-37-43(56(77)63-21-10-26-83-30-34-85-32-28-81-24-8-19-61-51(74)15-4-2-13-49-54-47(40-87-49)67-58(79)69-54)36-44(38-45)57(78)64-22-11-27-84-31-35-86-33-29-82-25-9-20-62-52(75)16-5-3-14-50-55-48(41-88-50)68-59(80)70-55/h36-39,47-50,54-55H,2-35,40-41H2,1H3,(H,60,73)(H,61,74)(H,62,75)(H,63,77)(H,64,78)(H,66,76)(H2,67,69,79)(H2,68,70,80). The minimum absolute atomic E-state index is 0.0398. The number of hydrogen-bond acceptors (Lipinski definition) is 18. The number of amides is 10. The van der Waals surface area contributed by atoms with Crippen LogP contribution in [0.1, 0.15) is 130 Å². The fraction of sp³-hybridized carbons (Fsp3) is 0.729. The van der Waals surface area contributed by atoms with E-state index in [0.29, 0.717) is 193 Å². The summed E-state index contributed by atoms with van der Waals surface area (Å²) >= 11 is 3.77. The molecule has 4 aliphatic rings. The van der Waals surface area contributed by atoms with Crippen molar-refractivity contribution in [1.82, 2.24) is 62.8 Å². The first kappa shape index (κ1) is 71.3. The molecule has 29 heteroatoms. The number of hydrogen-bond donors (Lipinski definition) is 10. The molecule has 0 bridgehead atoms. The van der Waals surface area contributed by atoms with Gasteiger partial charge in [0.15, 0.2) is 0 Å². The Morgan fingerprint density at radius 3 is 1.41 bits per heavy atom. The fourth-order valence-electron chi connectivity index (χ4n) is 10.3. The number of thioether (sulfide) groups is 2. The van der Waals surface area contributed by atoms with Crippen LogP contribution in [0.5, 0.6) is 0 Å². The van der Waals surface area contributed by atoms with Crippen LogP contribution in [0.4, 0.5) is 15.3 Å². The van der Waals surface area contributed by atoms with Gasteiger partial charge in [0.2, 0.25) is 23.6 Å². The van der Waals surface area contributed by atoms with E-state index in [-0.39, 0.29) is 77.4 Å². The summed E-state index contributed by atoms with van der Waals surface area (Å²) in [5.74, 6) is 0.719. The summed E-state index contributed by atoms with van der Waals surface area (Å²) < 4.78 is 35.6. The molecule has 6 unspecified atom stereocenters. The zero-order valence-electron chi connectivity index (χ0n) is 51.1. The number of unbranched alkanes of at least 4 members (excludes halogenated alkanes) is 2. The highest BCUT2D eigenvalue weighted by Gasteiger charge is 2.43. The second-order valence-corrected chi connectivity index (χ2v) is 24.6. The average Bonchev–Trinajstić information content (AvgIpc) is 2.28. The van der Waals surface area contributed by atoms with Crippen LogP contribution in [-0.4, -0.2) is 221 Å². The van der Waals surface area contributed by atoms with Crippen molar-refractivity contribution in [1.29, 1.82) is 0 Å². The van der Waals surface area contributed by atoms with Crippen LogP contribution >= 0.6 is 23.5 Å². The number of benzene rings is 1. The van der Waals surface area contributed by atoms with Crippen LogP contribution in [-0.2, 0) is 60.6 Å². The van der Waals surface area contributed by atoms with Gasteiger partial charge in [-0.25, -0.2) is 14.3 Å². The van der Waals surface area contributed by atoms with E-state index < -0.39 is 11.8 Å². The summed E-state index contributed by atoms with van der Waals surface area (Å²) in [5.41, 5.74) is 1.56. The largest absolute Gasteiger partial charge is 0.379 e. The maximum Gasteiger partial charge on any atom is 0.315 e. The van der Waals surface area contributed by atoms with Gasteiger partial charge in [-0.3, -0.25) is 28.8 Å². The first-order valence-corrected chi connectivity index (χ1v) is 33.5. The molecule has 0 radical (unpaired) electrons. The number of rotatable bonds is 49. The maximum atomic E-state index is 13.4. The molecule has 10 amide bonds. The minimum atomic E-state index is -0.419. The van der Waals surface area contributed by atoms with Crippen molar-refractivity contribution in [2.45, 2.75) is 151 Å². The zero-order valence-corrected chi connectivity index (χ0v) is 52.7. The number of carbonyl (C=O) groups is 8. The van der Waals surface area contributed by atoms with E-state index in [1.54, 1.807) is 10.9 Å². The number of anilines is 1. The van der Waals surface area contributed by atoms with Gasteiger partial charge in [0, 0.05) is 131 Å². The van der Waals surface area contributed by atoms with Gasteiger partial charge >= 0.3 is 12.1 Å². The number of carbonyl (C=O) groups excluding carboxylic acids is 8. The number of urea groups is 2. The first-order chi connectivity index (χ1) is 42.9. The van der Waals surface area contributed by atoms with Crippen molar-refractivity contribution in [2.24, 2.45) is 0 Å². The van der Waals surface area contributed by atoms with Gasteiger partial charge in [0.1, 0.15) is 0 Å². The SMILES string of the molecule is CC(=O)NCCCn1nncc1CCCC(=O)Nc1cc(C(=O)NCCCOCCOCCOCCCNC(=O)CCCCC2SCC3NC(=O)NC32)cc(C(=O)NCCCOCCOCCOCCCNC(=O)CCCCC2SCC3NC(=O)NC32)c1. The molecule has 4 fully saturated rings. The monoisotopic (exact) mass is 1270 g/mol. The number of fused-ring (bicyclic) bond motifs is 2.